The highest BCUT2D eigenvalue weighted by molar-refractivity contribution is 5.94. The number of benzene rings is 1. The third kappa shape index (κ3) is 6.80. The van der Waals surface area contributed by atoms with Gasteiger partial charge >= 0.3 is 0 Å². The van der Waals surface area contributed by atoms with E-state index < -0.39 is 0 Å². The third-order valence-electron chi connectivity index (χ3n) is 4.94. The van der Waals surface area contributed by atoms with E-state index in [1.54, 1.807) is 7.05 Å². The molecule has 28 heavy (non-hydrogen) atoms. The maximum Gasteiger partial charge on any atom is 0.251 e. The largest absolute Gasteiger partial charge is 0.379 e. The molecule has 7 nitrogen and oxygen atoms in total. The van der Waals surface area contributed by atoms with Crippen LogP contribution in [0, 0.1) is 5.92 Å². The molecule has 1 aliphatic heterocycles. The molecule has 1 saturated heterocycles. The zero-order valence-electron chi connectivity index (χ0n) is 17.6. The topological polar surface area (TPSA) is 78.0 Å². The summed E-state index contributed by atoms with van der Waals surface area (Å²) in [6.45, 7) is 12.3. The Bertz CT molecular complexity index is 641. The van der Waals surface area contributed by atoms with E-state index >= 15 is 0 Å². The number of carbonyl (C=O) groups is 1. The minimum atomic E-state index is -0.0823. The van der Waals surface area contributed by atoms with Crippen LogP contribution in [0.3, 0.4) is 0 Å². The third-order valence-corrected chi connectivity index (χ3v) is 4.94. The summed E-state index contributed by atoms with van der Waals surface area (Å²) in [4.78, 5) is 19.0. The highest BCUT2D eigenvalue weighted by Gasteiger charge is 2.23. The van der Waals surface area contributed by atoms with Crippen molar-refractivity contribution in [2.45, 2.75) is 33.4 Å². The maximum atomic E-state index is 11.8. The Balaban J connectivity index is 2.00. The van der Waals surface area contributed by atoms with Gasteiger partial charge in [-0.15, -0.1) is 0 Å². The molecule has 0 radical (unpaired) electrons. The van der Waals surface area contributed by atoms with Crippen molar-refractivity contribution in [1.82, 2.24) is 20.9 Å². The number of carbonyl (C=O) groups excluding carboxylic acids is 1. The first kappa shape index (κ1) is 22.2. The van der Waals surface area contributed by atoms with Gasteiger partial charge in [0.15, 0.2) is 5.96 Å². The van der Waals surface area contributed by atoms with Crippen LogP contribution in [0.25, 0.3) is 0 Å². The van der Waals surface area contributed by atoms with E-state index in [9.17, 15) is 4.79 Å². The molecule has 1 fully saturated rings. The molecule has 156 valence electrons. The van der Waals surface area contributed by atoms with Gasteiger partial charge in [-0.05, 0) is 30.5 Å². The summed E-state index contributed by atoms with van der Waals surface area (Å²) in [6.07, 6.45) is 0. The lowest BCUT2D eigenvalue weighted by molar-refractivity contribution is 0.00752. The average Bonchev–Trinajstić information content (AvgIpc) is 2.72. The quantitative estimate of drug-likeness (QED) is 0.463. The first-order chi connectivity index (χ1) is 13.5. The number of guanidine groups is 1. The van der Waals surface area contributed by atoms with Gasteiger partial charge in [-0.25, -0.2) is 4.99 Å². The Morgan fingerprint density at radius 1 is 1.25 bits per heavy atom. The normalized spacial score (nSPS) is 16.7. The van der Waals surface area contributed by atoms with Crippen LogP contribution in [-0.4, -0.2) is 69.2 Å². The lowest BCUT2D eigenvalue weighted by Crippen LogP contribution is -2.52. The fraction of sp³-hybridized carbons (Fsp3) is 0.619. The molecule has 7 heteroatoms. The fourth-order valence-electron chi connectivity index (χ4n) is 3.36. The van der Waals surface area contributed by atoms with Crippen molar-refractivity contribution in [3.63, 3.8) is 0 Å². The summed E-state index contributed by atoms with van der Waals surface area (Å²) in [6, 6.07) is 8.01. The van der Waals surface area contributed by atoms with Gasteiger partial charge in [-0.1, -0.05) is 26.0 Å². The highest BCUT2D eigenvalue weighted by Crippen LogP contribution is 2.12. The molecule has 3 N–H and O–H groups in total. The van der Waals surface area contributed by atoms with Gasteiger partial charge in [-0.2, -0.15) is 0 Å². The van der Waals surface area contributed by atoms with Crippen LogP contribution in [0.15, 0.2) is 29.3 Å². The molecule has 1 aromatic carbocycles. The van der Waals surface area contributed by atoms with Crippen molar-refractivity contribution < 1.29 is 9.53 Å². The van der Waals surface area contributed by atoms with E-state index in [0.29, 0.717) is 24.1 Å². The smallest absolute Gasteiger partial charge is 0.251 e. The molecule has 0 aromatic heterocycles. The Hall–Kier alpha value is -2.12. The van der Waals surface area contributed by atoms with Crippen LogP contribution in [0.2, 0.25) is 0 Å². The molecular formula is C21H35N5O2. The van der Waals surface area contributed by atoms with Gasteiger partial charge in [0.2, 0.25) is 0 Å². The van der Waals surface area contributed by atoms with Crippen molar-refractivity contribution in [3.05, 3.63) is 35.4 Å². The highest BCUT2D eigenvalue weighted by atomic mass is 16.5. The van der Waals surface area contributed by atoms with Crippen LogP contribution in [0.5, 0.6) is 0 Å². The molecule has 0 aliphatic carbocycles. The van der Waals surface area contributed by atoms with Crippen molar-refractivity contribution in [3.8, 4) is 0 Å². The molecule has 0 spiro atoms. The standard InChI is InChI=1S/C21H35N5O2/c1-5-23-21(24-14-17-7-6-8-18(13-17)20(27)22-4)25-15-19(16(2)3)26-9-11-28-12-10-26/h6-8,13,16,19H,5,9-12,14-15H2,1-4H3,(H,22,27)(H2,23,24,25). The first-order valence-electron chi connectivity index (χ1n) is 10.2. The Labute approximate surface area is 168 Å². The SMILES string of the molecule is CCNC(=NCc1cccc(C(=O)NC)c1)NCC(C(C)C)N1CCOCC1. The van der Waals surface area contributed by atoms with Crippen LogP contribution in [0.1, 0.15) is 36.7 Å². The van der Waals surface area contributed by atoms with E-state index in [1.165, 1.54) is 0 Å². The Morgan fingerprint density at radius 3 is 2.64 bits per heavy atom. The number of morpholine rings is 1. The number of hydrogen-bond acceptors (Lipinski definition) is 4. The van der Waals surface area contributed by atoms with E-state index in [2.05, 4.69) is 41.6 Å². The van der Waals surface area contributed by atoms with Gasteiger partial charge in [-0.3, -0.25) is 9.69 Å². The summed E-state index contributed by atoms with van der Waals surface area (Å²) >= 11 is 0. The molecule has 0 saturated carbocycles. The van der Waals surface area contributed by atoms with Crippen LogP contribution in [0.4, 0.5) is 0 Å². The molecule has 1 aromatic rings. The number of nitrogens with zero attached hydrogens (tertiary/aromatic N) is 2. The number of amides is 1. The van der Waals surface area contributed by atoms with Gasteiger partial charge in [0.05, 0.1) is 19.8 Å². The molecule has 1 unspecified atom stereocenters. The summed E-state index contributed by atoms with van der Waals surface area (Å²) in [5.74, 6) is 1.26. The Kier molecular flexibility index (Phi) is 9.23. The lowest BCUT2D eigenvalue weighted by atomic mass is 10.0. The second-order valence-corrected chi connectivity index (χ2v) is 7.32. The van der Waals surface area contributed by atoms with E-state index in [4.69, 9.17) is 9.73 Å². The summed E-state index contributed by atoms with van der Waals surface area (Å²) in [5.41, 5.74) is 1.66. The molecule has 1 amide bonds. The minimum absolute atomic E-state index is 0.0823. The number of hydrogen-bond donors (Lipinski definition) is 3. The number of ether oxygens (including phenoxy) is 1. The van der Waals surface area contributed by atoms with Gasteiger partial charge < -0.3 is 20.7 Å². The van der Waals surface area contributed by atoms with Gasteiger partial charge in [0.1, 0.15) is 0 Å². The summed E-state index contributed by atoms with van der Waals surface area (Å²) < 4.78 is 5.49. The number of aliphatic imine (C=N–C) groups is 1. The van der Waals surface area contributed by atoms with E-state index in [0.717, 1.165) is 50.9 Å². The van der Waals surface area contributed by atoms with Gasteiger partial charge in [0.25, 0.3) is 5.91 Å². The van der Waals surface area contributed by atoms with Crippen molar-refractivity contribution >= 4 is 11.9 Å². The zero-order chi connectivity index (χ0) is 20.4. The second kappa shape index (κ2) is 11.7. The summed E-state index contributed by atoms with van der Waals surface area (Å²) in [7, 11) is 1.64. The van der Waals surface area contributed by atoms with Crippen LogP contribution >= 0.6 is 0 Å². The minimum Gasteiger partial charge on any atom is -0.379 e. The molecule has 1 heterocycles. The zero-order valence-corrected chi connectivity index (χ0v) is 17.6. The first-order valence-corrected chi connectivity index (χ1v) is 10.2. The van der Waals surface area contributed by atoms with Crippen molar-refractivity contribution in [2.75, 3.05) is 46.4 Å². The molecular weight excluding hydrogens is 354 g/mol. The number of nitrogens with one attached hydrogen (secondary N) is 3. The molecule has 1 aliphatic rings. The monoisotopic (exact) mass is 389 g/mol. The molecule has 1 atom stereocenters. The van der Waals surface area contributed by atoms with Crippen LogP contribution in [-0.2, 0) is 11.3 Å². The maximum absolute atomic E-state index is 11.8. The molecule has 0 bridgehead atoms. The fourth-order valence-corrected chi connectivity index (χ4v) is 3.36. The predicted octanol–water partition coefficient (Wildman–Crippen LogP) is 1.46. The van der Waals surface area contributed by atoms with E-state index in [1.807, 2.05) is 24.3 Å². The van der Waals surface area contributed by atoms with Gasteiger partial charge in [0, 0.05) is 44.8 Å². The summed E-state index contributed by atoms with van der Waals surface area (Å²) in [5, 5.41) is 9.47. The molecule has 2 rings (SSSR count). The number of rotatable bonds is 8. The Morgan fingerprint density at radius 2 is 2.00 bits per heavy atom. The van der Waals surface area contributed by atoms with E-state index in [-0.39, 0.29) is 5.91 Å². The predicted molar refractivity (Wildman–Crippen MR) is 114 cm³/mol. The van der Waals surface area contributed by atoms with Crippen molar-refractivity contribution in [1.29, 1.82) is 0 Å². The average molecular weight is 390 g/mol. The lowest BCUT2D eigenvalue weighted by Gasteiger charge is -2.37. The second-order valence-electron chi connectivity index (χ2n) is 7.32. The van der Waals surface area contributed by atoms with Crippen molar-refractivity contribution in [2.24, 2.45) is 10.9 Å². The van der Waals surface area contributed by atoms with Crippen LogP contribution < -0.4 is 16.0 Å².